The van der Waals surface area contributed by atoms with Crippen molar-refractivity contribution in [2.24, 2.45) is 0 Å². The molecule has 0 amide bonds. The smallest absolute Gasteiger partial charge is 0.462 e. The van der Waals surface area contributed by atoms with E-state index in [0.717, 1.165) is 238 Å². The Hall–Kier alpha value is -5.58. The second-order valence-corrected chi connectivity index (χ2v) is 31.2. The van der Waals surface area contributed by atoms with Crippen molar-refractivity contribution in [1.29, 1.82) is 0 Å². The van der Waals surface area contributed by atoms with Crippen molar-refractivity contribution in [1.82, 2.24) is 0 Å². The molecule has 0 aliphatic heterocycles. The fourth-order valence-corrected chi connectivity index (χ4v) is 12.7. The summed E-state index contributed by atoms with van der Waals surface area (Å²) in [5.74, 6) is -2.25. The van der Waals surface area contributed by atoms with Gasteiger partial charge in [-0.05, 0) is 173 Å². The van der Waals surface area contributed by atoms with Gasteiger partial charge in [-0.15, -0.1) is 0 Å². The van der Waals surface area contributed by atoms with E-state index in [1.807, 2.05) is 0 Å². The second-order valence-electron chi connectivity index (χ2n) is 28.3. The predicted octanol–water partition coefficient (Wildman–Crippen LogP) is 26.1. The number of carbonyl (C=O) groups excluding carboxylic acids is 4. The molecule has 3 N–H and O–H groups in total. The van der Waals surface area contributed by atoms with Crippen molar-refractivity contribution >= 4 is 39.5 Å². The number of ether oxygens (including phenoxy) is 4. The normalized spacial score (nSPS) is 14.6. The first-order valence-electron chi connectivity index (χ1n) is 43.4. The molecule has 0 radical (unpaired) electrons. The Morgan fingerprint density at radius 3 is 0.723 bits per heavy atom. The van der Waals surface area contributed by atoms with Crippen LogP contribution in [0.5, 0.6) is 0 Å². The first-order valence-corrected chi connectivity index (χ1v) is 46.4. The van der Waals surface area contributed by atoms with E-state index in [2.05, 4.69) is 198 Å². The number of rotatable bonds is 80. The molecule has 0 saturated heterocycles. The summed E-state index contributed by atoms with van der Waals surface area (Å²) in [7, 11) is -10.0. The summed E-state index contributed by atoms with van der Waals surface area (Å²) in [6.07, 6.45) is 100. The molecular formula is C93H154O17P2. The Morgan fingerprint density at radius 1 is 0.259 bits per heavy atom. The molecule has 0 rings (SSSR count). The van der Waals surface area contributed by atoms with Crippen LogP contribution < -0.4 is 0 Å². The summed E-state index contributed by atoms with van der Waals surface area (Å²) in [4.78, 5) is 73.4. The Labute approximate surface area is 680 Å². The minimum absolute atomic E-state index is 0.0702. The van der Waals surface area contributed by atoms with Crippen molar-refractivity contribution in [3.8, 4) is 0 Å². The van der Waals surface area contributed by atoms with Crippen molar-refractivity contribution in [3.05, 3.63) is 170 Å². The molecule has 0 aromatic rings. The first-order chi connectivity index (χ1) is 54.7. The molecule has 0 aromatic heterocycles. The van der Waals surface area contributed by atoms with Crippen LogP contribution in [-0.2, 0) is 65.4 Å². The van der Waals surface area contributed by atoms with Crippen molar-refractivity contribution in [2.45, 2.75) is 354 Å². The molecule has 112 heavy (non-hydrogen) atoms. The van der Waals surface area contributed by atoms with Gasteiger partial charge in [0.05, 0.1) is 26.4 Å². The van der Waals surface area contributed by atoms with E-state index >= 15 is 0 Å². The maximum Gasteiger partial charge on any atom is 0.472 e. The van der Waals surface area contributed by atoms with E-state index in [4.69, 9.17) is 37.0 Å². The number of aliphatic hydroxyl groups excluding tert-OH is 1. The van der Waals surface area contributed by atoms with Crippen LogP contribution in [-0.4, -0.2) is 96.7 Å². The van der Waals surface area contributed by atoms with Gasteiger partial charge >= 0.3 is 39.5 Å². The van der Waals surface area contributed by atoms with Crippen LogP contribution >= 0.6 is 15.6 Å². The molecule has 0 aliphatic carbocycles. The number of unbranched alkanes of at least 4 members (excludes halogenated alkanes) is 26. The third-order valence-electron chi connectivity index (χ3n) is 17.7. The van der Waals surface area contributed by atoms with Crippen LogP contribution in [0, 0.1) is 0 Å². The first kappa shape index (κ1) is 106. The number of hydrogen-bond acceptors (Lipinski definition) is 15. The van der Waals surface area contributed by atoms with E-state index in [1.165, 1.54) is 19.3 Å². The van der Waals surface area contributed by atoms with Gasteiger partial charge in [0.15, 0.2) is 12.2 Å². The summed E-state index contributed by atoms with van der Waals surface area (Å²) < 4.78 is 68.9. The Morgan fingerprint density at radius 2 is 0.464 bits per heavy atom. The fourth-order valence-electron chi connectivity index (χ4n) is 11.2. The quantitative estimate of drug-likeness (QED) is 0.0169. The van der Waals surface area contributed by atoms with E-state index in [0.29, 0.717) is 25.7 Å². The topological polar surface area (TPSA) is 237 Å². The van der Waals surface area contributed by atoms with Crippen molar-refractivity contribution in [2.75, 3.05) is 39.6 Å². The van der Waals surface area contributed by atoms with Gasteiger partial charge in [0.2, 0.25) is 0 Å². The van der Waals surface area contributed by atoms with Gasteiger partial charge in [-0.1, -0.05) is 307 Å². The van der Waals surface area contributed by atoms with Gasteiger partial charge in [0.25, 0.3) is 0 Å². The summed E-state index contributed by atoms with van der Waals surface area (Å²) in [5, 5.41) is 10.7. The largest absolute Gasteiger partial charge is 0.472 e. The monoisotopic (exact) mass is 1610 g/mol. The highest BCUT2D eigenvalue weighted by molar-refractivity contribution is 7.47. The summed E-state index contributed by atoms with van der Waals surface area (Å²) in [6, 6.07) is 0. The lowest BCUT2D eigenvalue weighted by Crippen LogP contribution is -2.30. The zero-order valence-electron chi connectivity index (χ0n) is 70.0. The highest BCUT2D eigenvalue weighted by atomic mass is 31.2. The van der Waals surface area contributed by atoms with E-state index in [9.17, 15) is 43.2 Å². The predicted molar refractivity (Wildman–Crippen MR) is 463 cm³/mol. The lowest BCUT2D eigenvalue weighted by molar-refractivity contribution is -0.161. The number of carbonyl (C=O) groups is 4. The van der Waals surface area contributed by atoms with Crippen LogP contribution in [0.4, 0.5) is 0 Å². The molecule has 17 nitrogen and oxygen atoms in total. The number of hydrogen-bond donors (Lipinski definition) is 3. The third-order valence-corrected chi connectivity index (χ3v) is 19.6. The Bertz CT molecular complexity index is 2790. The van der Waals surface area contributed by atoms with Crippen molar-refractivity contribution < 1.29 is 80.2 Å². The minimum atomic E-state index is -5.00. The van der Waals surface area contributed by atoms with Gasteiger partial charge in [-0.3, -0.25) is 37.3 Å². The molecule has 5 atom stereocenters. The lowest BCUT2D eigenvalue weighted by atomic mass is 10.1. The highest BCUT2D eigenvalue weighted by Crippen LogP contribution is 2.45. The fraction of sp³-hybridized carbons (Fsp3) is 0.656. The molecule has 5 unspecified atom stereocenters. The van der Waals surface area contributed by atoms with E-state index in [-0.39, 0.29) is 25.7 Å². The Kier molecular flexibility index (Phi) is 79.2. The zero-order valence-corrected chi connectivity index (χ0v) is 71.8. The number of allylic oxidation sites excluding steroid dienone is 28. The molecule has 19 heteroatoms. The molecule has 0 heterocycles. The molecular weight excluding hydrogens is 1450 g/mol. The van der Waals surface area contributed by atoms with Gasteiger partial charge in [0.1, 0.15) is 19.3 Å². The van der Waals surface area contributed by atoms with Gasteiger partial charge < -0.3 is 33.8 Å². The molecule has 0 spiro atoms. The molecule has 0 saturated carbocycles. The summed E-state index contributed by atoms with van der Waals surface area (Å²) >= 11 is 0. The van der Waals surface area contributed by atoms with Crippen LogP contribution in [0.3, 0.4) is 0 Å². The minimum Gasteiger partial charge on any atom is -0.462 e. The summed E-state index contributed by atoms with van der Waals surface area (Å²) in [5.41, 5.74) is 0. The number of phosphoric acid groups is 2. The van der Waals surface area contributed by atoms with Gasteiger partial charge in [-0.25, -0.2) is 9.13 Å². The van der Waals surface area contributed by atoms with Gasteiger partial charge in [0, 0.05) is 25.7 Å². The van der Waals surface area contributed by atoms with E-state index < -0.39 is 97.5 Å². The van der Waals surface area contributed by atoms with Crippen LogP contribution in [0.1, 0.15) is 336 Å². The SMILES string of the molecule is CC/C=C\C/C=C\C/C=C\C/C=C\C/C=C\CCCCCC(=O)OCC(COP(=O)(O)OCC(O)COP(=O)(O)OCC(COC(=O)CCCCCCCC/C=C\C/C=C\C/C=C\CCCCC)OC(=O)CCCCCCCCC/C=C\C/C=C\C/C=C\CC)OC(=O)CCCCCCCCC/C=C\C/C=C\C/C=C\CC. The van der Waals surface area contributed by atoms with Crippen LogP contribution in [0.2, 0.25) is 0 Å². The number of esters is 4. The van der Waals surface area contributed by atoms with E-state index in [1.54, 1.807) is 0 Å². The van der Waals surface area contributed by atoms with Crippen LogP contribution in [0.15, 0.2) is 170 Å². The van der Waals surface area contributed by atoms with Gasteiger partial charge in [-0.2, -0.15) is 0 Å². The van der Waals surface area contributed by atoms with Crippen molar-refractivity contribution in [3.63, 3.8) is 0 Å². The number of aliphatic hydroxyl groups is 1. The maximum atomic E-state index is 13.2. The Balaban J connectivity index is 5.45. The van der Waals surface area contributed by atoms with Crippen LogP contribution in [0.25, 0.3) is 0 Å². The highest BCUT2D eigenvalue weighted by Gasteiger charge is 2.30. The molecule has 0 aromatic carbocycles. The average molecular weight is 1610 g/mol. The standard InChI is InChI=1S/C93H154O17P2/c1-5-9-13-17-21-25-29-33-37-41-43-47-49-53-57-61-65-69-73-77-90(95)103-83-88(109-92(97)79-75-71-67-63-59-55-51-45-39-35-31-27-23-19-15-11-7-3)85-107-111(99,100)105-81-87(94)82-106-112(101,102)108-86-89(110-93(98)80-76-72-68-64-60-56-52-46-40-36-32-28-24-20-16-12-8-4)84-104-91(96)78-74-70-66-62-58-54-50-48-44-42-38-34-30-26-22-18-14-10-6-2/h9,11-13,15-16,21-28,33-40,43-44,47-48,53,57,87-89,94H,5-8,10,14,17-20,29-32,41-42,45-46,49-52,54-56,58-86H2,1-4H3,(H,99,100)(H,101,102)/b13-9-,15-11-,16-12-,25-21-,26-22-,27-23-,28-24-,37-33-,38-34-,39-35-,40-36-,47-43-,48-44-,57-53-. The molecule has 0 bridgehead atoms. The summed E-state index contributed by atoms with van der Waals surface area (Å²) in [6.45, 7) is 4.47. The molecule has 0 fully saturated rings. The molecule has 638 valence electrons. The molecule has 0 aliphatic rings. The second kappa shape index (κ2) is 83.4. The lowest BCUT2D eigenvalue weighted by Gasteiger charge is -2.21. The zero-order chi connectivity index (χ0) is 81.7. The third kappa shape index (κ3) is 82.4. The maximum absolute atomic E-state index is 13.2. The number of phosphoric ester groups is 2. The average Bonchev–Trinajstić information content (AvgIpc) is 0.895.